The normalized spacial score (nSPS) is 9.95. The number of ether oxygens (including phenoxy) is 1. The summed E-state index contributed by atoms with van der Waals surface area (Å²) in [6, 6.07) is 0. The first-order valence-corrected chi connectivity index (χ1v) is 6.15. The molecule has 0 spiro atoms. The van der Waals surface area contributed by atoms with Crippen LogP contribution in [0, 0.1) is 0 Å². The van der Waals surface area contributed by atoms with Crippen LogP contribution in [-0.2, 0) is 9.53 Å². The van der Waals surface area contributed by atoms with E-state index < -0.39 is 11.9 Å². The van der Waals surface area contributed by atoms with Gasteiger partial charge in [0, 0.05) is 19.0 Å². The Morgan fingerprint density at radius 3 is 2.74 bits per heavy atom. The maximum absolute atomic E-state index is 11.6. The van der Waals surface area contributed by atoms with E-state index in [1.165, 1.54) is 12.5 Å². The van der Waals surface area contributed by atoms with Gasteiger partial charge in [0.05, 0.1) is 13.2 Å². The number of aromatic nitrogens is 1. The third-order valence-corrected chi connectivity index (χ3v) is 2.80. The number of hydrogen-bond acceptors (Lipinski definition) is 6. The molecule has 104 valence electrons. The summed E-state index contributed by atoms with van der Waals surface area (Å²) >= 11 is 0.903. The standard InChI is InChI=1S/C10H13N3O5S/c1-18-3-2-11-7(14)4-12-8(15)9-13-6(5-19-9)10(16)17/h5H,2-4H2,1H3,(H,11,14)(H,12,15)(H,16,17). The maximum atomic E-state index is 11.6. The summed E-state index contributed by atoms with van der Waals surface area (Å²) < 4.78 is 4.75. The van der Waals surface area contributed by atoms with Crippen molar-refractivity contribution in [1.29, 1.82) is 0 Å². The number of carboxylic acids is 1. The first-order chi connectivity index (χ1) is 9.04. The fourth-order valence-electron chi connectivity index (χ4n) is 1.07. The van der Waals surface area contributed by atoms with Gasteiger partial charge in [0.25, 0.3) is 5.91 Å². The van der Waals surface area contributed by atoms with E-state index in [0.29, 0.717) is 13.2 Å². The number of nitrogens with one attached hydrogen (secondary N) is 2. The summed E-state index contributed by atoms with van der Waals surface area (Å²) in [7, 11) is 1.51. The van der Waals surface area contributed by atoms with Crippen molar-refractivity contribution >= 4 is 29.1 Å². The number of carbonyl (C=O) groups is 3. The van der Waals surface area contributed by atoms with Gasteiger partial charge in [0.15, 0.2) is 10.7 Å². The van der Waals surface area contributed by atoms with Gasteiger partial charge in [-0.1, -0.05) is 0 Å². The van der Waals surface area contributed by atoms with Crippen LogP contribution in [0.25, 0.3) is 0 Å². The molecule has 2 amide bonds. The van der Waals surface area contributed by atoms with Gasteiger partial charge in [-0.2, -0.15) is 0 Å². The lowest BCUT2D eigenvalue weighted by atomic mass is 10.5. The number of carboxylic acid groups (broad SMARTS) is 1. The molecule has 0 saturated carbocycles. The quantitative estimate of drug-likeness (QED) is 0.573. The molecule has 0 aliphatic carbocycles. The molecule has 0 aromatic carbocycles. The van der Waals surface area contributed by atoms with E-state index >= 15 is 0 Å². The van der Waals surface area contributed by atoms with Crippen molar-refractivity contribution < 1.29 is 24.2 Å². The van der Waals surface area contributed by atoms with Gasteiger partial charge in [-0.3, -0.25) is 9.59 Å². The van der Waals surface area contributed by atoms with Gasteiger partial charge >= 0.3 is 5.97 Å². The zero-order valence-electron chi connectivity index (χ0n) is 10.1. The predicted octanol–water partition coefficient (Wildman–Crippen LogP) is -0.666. The van der Waals surface area contributed by atoms with Crippen molar-refractivity contribution in [2.24, 2.45) is 0 Å². The SMILES string of the molecule is COCCNC(=O)CNC(=O)c1nc(C(=O)O)cs1. The monoisotopic (exact) mass is 287 g/mol. The van der Waals surface area contributed by atoms with Crippen molar-refractivity contribution in [2.45, 2.75) is 0 Å². The second-order valence-electron chi connectivity index (χ2n) is 3.37. The third kappa shape index (κ3) is 5.02. The number of amides is 2. The summed E-state index contributed by atoms with van der Waals surface area (Å²) in [6.07, 6.45) is 0. The Bertz CT molecular complexity index is 473. The minimum Gasteiger partial charge on any atom is -0.476 e. The molecule has 0 fully saturated rings. The maximum Gasteiger partial charge on any atom is 0.355 e. The van der Waals surface area contributed by atoms with E-state index in [2.05, 4.69) is 15.6 Å². The number of nitrogens with zero attached hydrogens (tertiary/aromatic N) is 1. The zero-order valence-corrected chi connectivity index (χ0v) is 11.0. The molecule has 0 aliphatic rings. The van der Waals surface area contributed by atoms with Crippen molar-refractivity contribution in [1.82, 2.24) is 15.6 Å². The zero-order chi connectivity index (χ0) is 14.3. The van der Waals surface area contributed by atoms with Crippen LogP contribution in [0.3, 0.4) is 0 Å². The number of methoxy groups -OCH3 is 1. The molecule has 3 N–H and O–H groups in total. The van der Waals surface area contributed by atoms with E-state index in [9.17, 15) is 14.4 Å². The van der Waals surface area contributed by atoms with E-state index in [1.807, 2.05) is 0 Å². The summed E-state index contributed by atoms with van der Waals surface area (Å²) in [5.74, 6) is -2.15. The van der Waals surface area contributed by atoms with E-state index in [1.54, 1.807) is 0 Å². The number of carbonyl (C=O) groups excluding carboxylic acids is 2. The Kier molecular flexibility index (Phi) is 5.90. The van der Waals surface area contributed by atoms with Gasteiger partial charge in [0.2, 0.25) is 5.91 Å². The fraction of sp³-hybridized carbons (Fsp3) is 0.400. The highest BCUT2D eigenvalue weighted by Gasteiger charge is 2.15. The molecule has 8 nitrogen and oxygen atoms in total. The molecule has 0 aliphatic heterocycles. The van der Waals surface area contributed by atoms with E-state index in [4.69, 9.17) is 9.84 Å². The van der Waals surface area contributed by atoms with E-state index in [0.717, 1.165) is 11.3 Å². The van der Waals surface area contributed by atoms with Gasteiger partial charge < -0.3 is 20.5 Å². The first-order valence-electron chi connectivity index (χ1n) is 5.27. The lowest BCUT2D eigenvalue weighted by Crippen LogP contribution is -2.38. The second kappa shape index (κ2) is 7.44. The molecule has 0 bridgehead atoms. The number of hydrogen-bond donors (Lipinski definition) is 3. The Hall–Kier alpha value is -2.00. The summed E-state index contributed by atoms with van der Waals surface area (Å²) in [4.78, 5) is 37.0. The van der Waals surface area contributed by atoms with Gasteiger partial charge in [-0.25, -0.2) is 9.78 Å². The number of rotatable bonds is 7. The van der Waals surface area contributed by atoms with Crippen LogP contribution >= 0.6 is 11.3 Å². The largest absolute Gasteiger partial charge is 0.476 e. The molecule has 1 aromatic heterocycles. The number of thiazole rings is 1. The summed E-state index contributed by atoms with van der Waals surface area (Å²) in [5.41, 5.74) is -0.195. The van der Waals surface area contributed by atoms with Crippen LogP contribution in [0.15, 0.2) is 5.38 Å². The average Bonchev–Trinajstić information content (AvgIpc) is 2.86. The van der Waals surface area contributed by atoms with Gasteiger partial charge in [0.1, 0.15) is 0 Å². The van der Waals surface area contributed by atoms with Crippen LogP contribution in [0.1, 0.15) is 20.3 Å². The lowest BCUT2D eigenvalue weighted by molar-refractivity contribution is -0.120. The topological polar surface area (TPSA) is 118 Å². The molecular weight excluding hydrogens is 274 g/mol. The molecule has 1 rings (SSSR count). The number of aromatic carboxylic acids is 1. The highest BCUT2D eigenvalue weighted by atomic mass is 32.1. The van der Waals surface area contributed by atoms with Crippen molar-refractivity contribution in [3.05, 3.63) is 16.1 Å². The Labute approximate surface area is 112 Å². The molecule has 1 heterocycles. The minimum absolute atomic E-state index is 0.00194. The average molecular weight is 287 g/mol. The van der Waals surface area contributed by atoms with Crippen LogP contribution in [0.2, 0.25) is 0 Å². The highest BCUT2D eigenvalue weighted by molar-refractivity contribution is 7.11. The van der Waals surface area contributed by atoms with Gasteiger partial charge in [-0.15, -0.1) is 11.3 Å². The molecule has 0 radical (unpaired) electrons. The molecule has 19 heavy (non-hydrogen) atoms. The highest BCUT2D eigenvalue weighted by Crippen LogP contribution is 2.09. The summed E-state index contributed by atoms with van der Waals surface area (Å²) in [6.45, 7) is 0.532. The predicted molar refractivity (Wildman–Crippen MR) is 66.3 cm³/mol. The second-order valence-corrected chi connectivity index (χ2v) is 4.23. The van der Waals surface area contributed by atoms with Gasteiger partial charge in [-0.05, 0) is 0 Å². The molecule has 0 saturated heterocycles. The fourth-order valence-corrected chi connectivity index (χ4v) is 1.77. The van der Waals surface area contributed by atoms with Crippen LogP contribution in [0.4, 0.5) is 0 Å². The molecule has 0 unspecified atom stereocenters. The first kappa shape index (κ1) is 15.1. The van der Waals surface area contributed by atoms with Crippen molar-refractivity contribution in [2.75, 3.05) is 26.8 Å². The Balaban J connectivity index is 2.38. The minimum atomic E-state index is -1.20. The lowest BCUT2D eigenvalue weighted by Gasteiger charge is -2.04. The molecule has 9 heteroatoms. The molecular formula is C10H13N3O5S. The summed E-state index contributed by atoms with van der Waals surface area (Å²) in [5, 5.41) is 14.8. The molecule has 0 atom stereocenters. The van der Waals surface area contributed by atoms with Crippen LogP contribution in [-0.4, -0.2) is 54.7 Å². The smallest absolute Gasteiger partial charge is 0.355 e. The van der Waals surface area contributed by atoms with Crippen LogP contribution in [0.5, 0.6) is 0 Å². The van der Waals surface area contributed by atoms with Crippen molar-refractivity contribution in [3.63, 3.8) is 0 Å². The Morgan fingerprint density at radius 1 is 1.42 bits per heavy atom. The molecule has 1 aromatic rings. The van der Waals surface area contributed by atoms with Crippen molar-refractivity contribution in [3.8, 4) is 0 Å². The Morgan fingerprint density at radius 2 is 2.16 bits per heavy atom. The van der Waals surface area contributed by atoms with Crippen LogP contribution < -0.4 is 10.6 Å². The van der Waals surface area contributed by atoms with E-state index in [-0.39, 0.29) is 23.2 Å². The third-order valence-electron chi connectivity index (χ3n) is 1.96.